The maximum atomic E-state index is 4.63. The highest BCUT2D eigenvalue weighted by atomic mass is 15.2. The molecule has 31 heavy (non-hydrogen) atoms. The number of para-hydroxylation sites is 2. The summed E-state index contributed by atoms with van der Waals surface area (Å²) in [6, 6.07) is 18.8. The Hall–Kier alpha value is -3.87. The number of H-pyrrole nitrogens is 2. The summed E-state index contributed by atoms with van der Waals surface area (Å²) in [6.45, 7) is 1.97. The zero-order valence-corrected chi connectivity index (χ0v) is 17.0. The molecule has 0 aliphatic carbocycles. The van der Waals surface area contributed by atoms with Crippen molar-refractivity contribution in [3.05, 3.63) is 72.7 Å². The van der Waals surface area contributed by atoms with E-state index in [0.29, 0.717) is 5.92 Å². The van der Waals surface area contributed by atoms with Gasteiger partial charge in [0.25, 0.3) is 0 Å². The van der Waals surface area contributed by atoms with Crippen molar-refractivity contribution < 1.29 is 0 Å². The van der Waals surface area contributed by atoms with E-state index < -0.39 is 0 Å². The fourth-order valence-corrected chi connectivity index (χ4v) is 4.57. The first-order valence-electron chi connectivity index (χ1n) is 10.7. The van der Waals surface area contributed by atoms with E-state index in [1.807, 2.05) is 30.5 Å². The summed E-state index contributed by atoms with van der Waals surface area (Å²) in [5, 5.41) is 4.52. The number of hydrogen-bond acceptors (Lipinski definition) is 5. The molecule has 5 aromatic rings. The van der Waals surface area contributed by atoms with E-state index >= 15 is 0 Å². The lowest BCUT2D eigenvalue weighted by molar-refractivity contribution is 0.508. The number of fused-ring (bicyclic) bond motifs is 2. The van der Waals surface area contributed by atoms with Crippen LogP contribution in [-0.2, 0) is 0 Å². The number of rotatable bonds is 4. The number of anilines is 3. The Kier molecular flexibility index (Phi) is 4.30. The second-order valence-electron chi connectivity index (χ2n) is 8.08. The molecule has 4 heterocycles. The summed E-state index contributed by atoms with van der Waals surface area (Å²) in [5.41, 5.74) is 5.27. The van der Waals surface area contributed by atoms with Gasteiger partial charge in [-0.1, -0.05) is 24.3 Å². The van der Waals surface area contributed by atoms with E-state index in [-0.39, 0.29) is 0 Å². The molecule has 7 nitrogen and oxygen atoms in total. The van der Waals surface area contributed by atoms with E-state index in [4.69, 9.17) is 0 Å². The molecule has 0 bridgehead atoms. The fraction of sp³-hybridized carbons (Fsp3) is 0.208. The van der Waals surface area contributed by atoms with Gasteiger partial charge in [0.05, 0.1) is 16.4 Å². The van der Waals surface area contributed by atoms with Crippen molar-refractivity contribution in [2.75, 3.05) is 23.3 Å². The SMILES string of the molecule is c1cc(Nc2nc3ccccc3[nH]2)cc(C2CCCN(c3ncnc4[nH]ccc34)C2)c1. The Labute approximate surface area is 179 Å². The van der Waals surface area contributed by atoms with Crippen LogP contribution in [0.3, 0.4) is 0 Å². The number of hydrogen-bond donors (Lipinski definition) is 3. The predicted molar refractivity (Wildman–Crippen MR) is 124 cm³/mol. The summed E-state index contributed by atoms with van der Waals surface area (Å²) in [5.74, 6) is 2.24. The van der Waals surface area contributed by atoms with Gasteiger partial charge in [-0.25, -0.2) is 15.0 Å². The summed E-state index contributed by atoms with van der Waals surface area (Å²) < 4.78 is 0. The molecule has 0 amide bonds. The average molecular weight is 409 g/mol. The van der Waals surface area contributed by atoms with Crippen LogP contribution in [0, 0.1) is 0 Å². The Morgan fingerprint density at radius 2 is 2.00 bits per heavy atom. The van der Waals surface area contributed by atoms with Crippen molar-refractivity contribution in [1.82, 2.24) is 24.9 Å². The zero-order chi connectivity index (χ0) is 20.6. The molecule has 1 fully saturated rings. The Bertz CT molecular complexity index is 1320. The van der Waals surface area contributed by atoms with Crippen LogP contribution in [-0.4, -0.2) is 38.0 Å². The predicted octanol–water partition coefficient (Wildman–Crippen LogP) is 4.96. The summed E-state index contributed by atoms with van der Waals surface area (Å²) in [4.78, 5) is 22.5. The maximum absolute atomic E-state index is 4.63. The topological polar surface area (TPSA) is 85.5 Å². The summed E-state index contributed by atoms with van der Waals surface area (Å²) in [6.07, 6.45) is 5.89. The molecule has 1 atom stereocenters. The number of aromatic nitrogens is 5. The van der Waals surface area contributed by atoms with Crippen molar-refractivity contribution >= 4 is 39.5 Å². The van der Waals surface area contributed by atoms with Gasteiger partial charge in [0.1, 0.15) is 17.8 Å². The summed E-state index contributed by atoms with van der Waals surface area (Å²) in [7, 11) is 0. The largest absolute Gasteiger partial charge is 0.355 e. The molecule has 0 saturated carbocycles. The van der Waals surface area contributed by atoms with Crippen molar-refractivity contribution in [3.8, 4) is 0 Å². The van der Waals surface area contributed by atoms with Gasteiger partial charge in [0.15, 0.2) is 0 Å². The lowest BCUT2D eigenvalue weighted by Crippen LogP contribution is -2.35. The smallest absolute Gasteiger partial charge is 0.205 e. The minimum Gasteiger partial charge on any atom is -0.355 e. The van der Waals surface area contributed by atoms with Gasteiger partial charge in [-0.2, -0.15) is 0 Å². The van der Waals surface area contributed by atoms with E-state index in [2.05, 4.69) is 65.5 Å². The highest BCUT2D eigenvalue weighted by molar-refractivity contribution is 5.87. The molecule has 0 radical (unpaired) electrons. The molecule has 1 aliphatic heterocycles. The van der Waals surface area contributed by atoms with Gasteiger partial charge < -0.3 is 20.2 Å². The molecule has 154 valence electrons. The summed E-state index contributed by atoms with van der Waals surface area (Å²) >= 11 is 0. The quantitative estimate of drug-likeness (QED) is 0.391. The monoisotopic (exact) mass is 409 g/mol. The number of nitrogens with one attached hydrogen (secondary N) is 3. The molecule has 1 saturated heterocycles. The average Bonchev–Trinajstić information content (AvgIpc) is 3.45. The van der Waals surface area contributed by atoms with E-state index in [1.165, 1.54) is 12.0 Å². The molecule has 3 aromatic heterocycles. The van der Waals surface area contributed by atoms with E-state index in [1.54, 1.807) is 6.33 Å². The maximum Gasteiger partial charge on any atom is 0.205 e. The van der Waals surface area contributed by atoms with Crippen LogP contribution < -0.4 is 10.2 Å². The lowest BCUT2D eigenvalue weighted by Gasteiger charge is -2.34. The first kappa shape index (κ1) is 17.9. The van der Waals surface area contributed by atoms with E-state index in [9.17, 15) is 0 Å². The standard InChI is InChI=1S/C24H23N7/c1-2-9-21-20(8-1)29-24(30-21)28-18-7-3-5-16(13-18)17-6-4-12-31(14-17)23-19-10-11-25-22(19)26-15-27-23/h1-3,5,7-11,13,15,17H,4,6,12,14H2,(H,25,26,27)(H2,28,29,30). The Morgan fingerprint density at radius 1 is 1.03 bits per heavy atom. The lowest BCUT2D eigenvalue weighted by atomic mass is 9.90. The minimum absolute atomic E-state index is 0.454. The van der Waals surface area contributed by atoms with Crippen molar-refractivity contribution in [1.29, 1.82) is 0 Å². The second-order valence-corrected chi connectivity index (χ2v) is 8.08. The van der Waals surface area contributed by atoms with Gasteiger partial charge in [-0.3, -0.25) is 0 Å². The minimum atomic E-state index is 0.454. The molecule has 3 N–H and O–H groups in total. The molecule has 7 heteroatoms. The van der Waals surface area contributed by atoms with Crippen LogP contribution in [0.4, 0.5) is 17.5 Å². The van der Waals surface area contributed by atoms with Crippen LogP contribution in [0.5, 0.6) is 0 Å². The number of nitrogens with zero attached hydrogens (tertiary/aromatic N) is 4. The molecular weight excluding hydrogens is 386 g/mol. The Morgan fingerprint density at radius 3 is 2.97 bits per heavy atom. The Balaban J connectivity index is 1.24. The van der Waals surface area contributed by atoms with Crippen LogP contribution in [0.1, 0.15) is 24.3 Å². The number of benzene rings is 2. The van der Waals surface area contributed by atoms with E-state index in [0.717, 1.165) is 59.0 Å². The normalized spacial score (nSPS) is 16.8. The molecule has 6 rings (SSSR count). The molecular formula is C24H23N7. The fourth-order valence-electron chi connectivity index (χ4n) is 4.57. The van der Waals surface area contributed by atoms with Gasteiger partial charge >= 0.3 is 0 Å². The third kappa shape index (κ3) is 3.38. The number of piperidine rings is 1. The van der Waals surface area contributed by atoms with Crippen LogP contribution >= 0.6 is 0 Å². The van der Waals surface area contributed by atoms with Crippen LogP contribution in [0.2, 0.25) is 0 Å². The first-order valence-corrected chi connectivity index (χ1v) is 10.7. The number of imidazole rings is 1. The van der Waals surface area contributed by atoms with Gasteiger partial charge in [0.2, 0.25) is 5.95 Å². The molecule has 1 unspecified atom stereocenters. The van der Waals surface area contributed by atoms with Gasteiger partial charge in [-0.05, 0) is 48.7 Å². The second kappa shape index (κ2) is 7.43. The number of aromatic amines is 2. The molecule has 1 aliphatic rings. The first-order chi connectivity index (χ1) is 15.3. The third-order valence-corrected chi connectivity index (χ3v) is 6.06. The third-order valence-electron chi connectivity index (χ3n) is 6.06. The van der Waals surface area contributed by atoms with Gasteiger partial charge in [0, 0.05) is 30.9 Å². The van der Waals surface area contributed by atoms with Crippen LogP contribution in [0.25, 0.3) is 22.1 Å². The van der Waals surface area contributed by atoms with Gasteiger partial charge in [-0.15, -0.1) is 0 Å². The molecule has 0 spiro atoms. The van der Waals surface area contributed by atoms with Crippen molar-refractivity contribution in [2.45, 2.75) is 18.8 Å². The molecule has 2 aromatic carbocycles. The zero-order valence-electron chi connectivity index (χ0n) is 17.0. The van der Waals surface area contributed by atoms with Crippen molar-refractivity contribution in [3.63, 3.8) is 0 Å². The highest BCUT2D eigenvalue weighted by Gasteiger charge is 2.24. The van der Waals surface area contributed by atoms with Crippen molar-refractivity contribution in [2.24, 2.45) is 0 Å². The highest BCUT2D eigenvalue weighted by Crippen LogP contribution is 2.33. The van der Waals surface area contributed by atoms with Crippen LogP contribution in [0.15, 0.2) is 67.1 Å².